The van der Waals surface area contributed by atoms with E-state index in [2.05, 4.69) is 5.32 Å². The second-order valence-electron chi connectivity index (χ2n) is 4.25. The Bertz CT molecular complexity index is 236. The number of carbonyl (C=O) groups excluding carboxylic acids is 1. The molecule has 0 aromatic carbocycles. The maximum absolute atomic E-state index is 11.8. The van der Waals surface area contributed by atoms with Crippen LogP contribution in [0.2, 0.25) is 0 Å². The lowest BCUT2D eigenvalue weighted by atomic mass is 10.1. The largest absolute Gasteiger partial charge is 0.405 e. The van der Waals surface area contributed by atoms with Gasteiger partial charge in [0.15, 0.2) is 0 Å². The number of halogens is 3. The fourth-order valence-corrected chi connectivity index (χ4v) is 0.836. The number of amides is 1. The van der Waals surface area contributed by atoms with Crippen molar-refractivity contribution in [2.75, 3.05) is 13.1 Å². The van der Waals surface area contributed by atoms with Crippen molar-refractivity contribution in [2.24, 2.45) is 0 Å². The fraction of sp³-hybridized carbons (Fsp3) is 0.889. The predicted octanol–water partition coefficient (Wildman–Crippen LogP) is 0.414. The smallest absolute Gasteiger partial charge is 0.389 e. The number of hydrogen-bond acceptors (Lipinski definition) is 3. The third-order valence-electron chi connectivity index (χ3n) is 1.70. The monoisotopic (exact) mass is 242 g/mol. The Kier molecular flexibility index (Phi) is 5.21. The molecular weight excluding hydrogens is 225 g/mol. The molecule has 0 spiro atoms. The van der Waals surface area contributed by atoms with Crippen molar-refractivity contribution in [1.29, 1.82) is 0 Å². The van der Waals surface area contributed by atoms with Gasteiger partial charge in [0.25, 0.3) is 0 Å². The summed E-state index contributed by atoms with van der Waals surface area (Å²) in [5.41, 5.74) is -1.02. The number of aliphatic hydroxyl groups is 1. The molecule has 0 radical (unpaired) electrons. The molecule has 0 saturated heterocycles. The fourth-order valence-electron chi connectivity index (χ4n) is 0.836. The van der Waals surface area contributed by atoms with Crippen molar-refractivity contribution in [3.63, 3.8) is 0 Å². The Morgan fingerprint density at radius 3 is 2.19 bits per heavy atom. The Hall–Kier alpha value is -0.820. The van der Waals surface area contributed by atoms with Crippen molar-refractivity contribution in [3.05, 3.63) is 0 Å². The van der Waals surface area contributed by atoms with Crippen LogP contribution in [0.25, 0.3) is 0 Å². The van der Waals surface area contributed by atoms with E-state index in [1.165, 1.54) is 20.8 Å². The number of rotatable bonds is 5. The molecular formula is C9H17F3N2O2. The Morgan fingerprint density at radius 2 is 1.81 bits per heavy atom. The van der Waals surface area contributed by atoms with E-state index in [1.54, 1.807) is 5.32 Å². The van der Waals surface area contributed by atoms with Gasteiger partial charge in [-0.15, -0.1) is 0 Å². The highest BCUT2D eigenvalue weighted by atomic mass is 19.4. The van der Waals surface area contributed by atoms with Crippen LogP contribution in [0.1, 0.15) is 20.8 Å². The summed E-state index contributed by atoms with van der Waals surface area (Å²) in [5.74, 6) is -0.749. The van der Waals surface area contributed by atoms with Crippen LogP contribution in [0.15, 0.2) is 0 Å². The van der Waals surface area contributed by atoms with E-state index in [-0.39, 0.29) is 6.54 Å². The van der Waals surface area contributed by atoms with Crippen LogP contribution in [0.4, 0.5) is 13.2 Å². The summed E-state index contributed by atoms with van der Waals surface area (Å²) in [6.45, 7) is 3.26. The summed E-state index contributed by atoms with van der Waals surface area (Å²) < 4.78 is 35.3. The van der Waals surface area contributed by atoms with Gasteiger partial charge in [0.2, 0.25) is 5.91 Å². The zero-order chi connectivity index (χ0) is 13.0. The van der Waals surface area contributed by atoms with Gasteiger partial charge in [-0.05, 0) is 20.8 Å². The average Bonchev–Trinajstić information content (AvgIpc) is 2.07. The van der Waals surface area contributed by atoms with Gasteiger partial charge in [0.1, 0.15) is 6.54 Å². The van der Waals surface area contributed by atoms with Crippen LogP contribution in [0, 0.1) is 0 Å². The van der Waals surface area contributed by atoms with Gasteiger partial charge in [-0.3, -0.25) is 4.79 Å². The predicted molar refractivity (Wildman–Crippen MR) is 52.8 cm³/mol. The van der Waals surface area contributed by atoms with Crippen molar-refractivity contribution < 1.29 is 23.1 Å². The third kappa shape index (κ3) is 8.49. The highest BCUT2D eigenvalue weighted by Gasteiger charge is 2.28. The molecule has 0 aliphatic rings. The highest BCUT2D eigenvalue weighted by Crippen LogP contribution is 2.12. The second-order valence-corrected chi connectivity index (χ2v) is 4.25. The summed E-state index contributed by atoms with van der Waals surface area (Å²) in [7, 11) is 0. The summed E-state index contributed by atoms with van der Waals surface area (Å²) >= 11 is 0. The van der Waals surface area contributed by atoms with E-state index < -0.39 is 30.3 Å². The topological polar surface area (TPSA) is 61.4 Å². The van der Waals surface area contributed by atoms with E-state index in [9.17, 15) is 23.1 Å². The first-order valence-corrected chi connectivity index (χ1v) is 4.81. The van der Waals surface area contributed by atoms with Crippen molar-refractivity contribution >= 4 is 5.91 Å². The molecule has 0 aromatic rings. The molecule has 0 rings (SSSR count). The van der Waals surface area contributed by atoms with E-state index in [4.69, 9.17) is 0 Å². The lowest BCUT2D eigenvalue weighted by Gasteiger charge is -2.21. The summed E-state index contributed by atoms with van der Waals surface area (Å²) in [6.07, 6.45) is -4.41. The van der Waals surface area contributed by atoms with Crippen molar-refractivity contribution in [1.82, 2.24) is 10.6 Å². The van der Waals surface area contributed by atoms with Gasteiger partial charge in [0.05, 0.1) is 11.6 Å². The van der Waals surface area contributed by atoms with Crippen LogP contribution >= 0.6 is 0 Å². The lowest BCUT2D eigenvalue weighted by Crippen LogP contribution is -2.48. The van der Waals surface area contributed by atoms with Gasteiger partial charge in [0, 0.05) is 6.54 Å². The van der Waals surface area contributed by atoms with Gasteiger partial charge in [-0.25, -0.2) is 0 Å². The molecule has 3 N–H and O–H groups in total. The maximum atomic E-state index is 11.8. The number of carbonyl (C=O) groups is 1. The van der Waals surface area contributed by atoms with E-state index in [1.807, 2.05) is 0 Å². The van der Waals surface area contributed by atoms with E-state index in [0.717, 1.165) is 0 Å². The molecule has 4 nitrogen and oxygen atoms in total. The first-order chi connectivity index (χ1) is 7.01. The van der Waals surface area contributed by atoms with Crippen molar-refractivity contribution in [3.8, 4) is 0 Å². The minimum absolute atomic E-state index is 0.119. The first-order valence-electron chi connectivity index (χ1n) is 4.81. The van der Waals surface area contributed by atoms with Crippen molar-refractivity contribution in [2.45, 2.75) is 38.6 Å². The molecule has 1 unspecified atom stereocenters. The molecule has 7 heteroatoms. The van der Waals surface area contributed by atoms with Crippen LogP contribution in [-0.4, -0.2) is 41.9 Å². The number of alkyl halides is 3. The molecule has 0 saturated carbocycles. The number of nitrogens with one attached hydrogen (secondary N) is 2. The second kappa shape index (κ2) is 5.49. The minimum Gasteiger partial charge on any atom is -0.389 e. The number of hydrogen-bond donors (Lipinski definition) is 3. The van der Waals surface area contributed by atoms with E-state index >= 15 is 0 Å². The van der Waals surface area contributed by atoms with Gasteiger partial charge >= 0.3 is 6.18 Å². The molecule has 0 aliphatic heterocycles. The molecule has 0 aliphatic carbocycles. The summed E-state index contributed by atoms with van der Waals surface area (Å²) in [6, 6.07) is -0.784. The maximum Gasteiger partial charge on any atom is 0.405 e. The molecule has 0 aromatic heterocycles. The standard InChI is InChI=1S/C9H17F3N2O2/c1-6(13-4-8(2,3)16)7(15)14-5-9(10,11)12/h6,13,16H,4-5H2,1-3H3,(H,14,15). The normalized spacial score (nSPS) is 14.7. The quantitative estimate of drug-likeness (QED) is 0.654. The Labute approximate surface area is 92.2 Å². The Balaban J connectivity index is 3.92. The van der Waals surface area contributed by atoms with Gasteiger partial charge in [-0.1, -0.05) is 0 Å². The van der Waals surface area contributed by atoms with Gasteiger partial charge < -0.3 is 15.7 Å². The molecule has 96 valence electrons. The van der Waals surface area contributed by atoms with E-state index in [0.29, 0.717) is 0 Å². The van der Waals surface area contributed by atoms with Gasteiger partial charge in [-0.2, -0.15) is 13.2 Å². The minimum atomic E-state index is -4.41. The zero-order valence-electron chi connectivity index (χ0n) is 9.48. The van der Waals surface area contributed by atoms with Crippen LogP contribution in [0.5, 0.6) is 0 Å². The Morgan fingerprint density at radius 1 is 1.31 bits per heavy atom. The zero-order valence-corrected chi connectivity index (χ0v) is 9.48. The SMILES string of the molecule is CC(NCC(C)(C)O)C(=O)NCC(F)(F)F. The molecule has 1 amide bonds. The third-order valence-corrected chi connectivity index (χ3v) is 1.70. The molecule has 1 atom stereocenters. The first kappa shape index (κ1) is 15.2. The molecule has 0 heterocycles. The molecule has 16 heavy (non-hydrogen) atoms. The van der Waals surface area contributed by atoms with Crippen LogP contribution in [0.3, 0.4) is 0 Å². The lowest BCUT2D eigenvalue weighted by molar-refractivity contribution is -0.139. The highest BCUT2D eigenvalue weighted by molar-refractivity contribution is 5.81. The summed E-state index contributed by atoms with van der Waals surface area (Å²) in [4.78, 5) is 11.2. The average molecular weight is 242 g/mol. The van der Waals surface area contributed by atoms with Crippen LogP contribution < -0.4 is 10.6 Å². The summed E-state index contributed by atoms with van der Waals surface area (Å²) in [5, 5.41) is 13.7. The molecule has 0 bridgehead atoms. The molecule has 0 fully saturated rings. The van der Waals surface area contributed by atoms with Crippen LogP contribution in [-0.2, 0) is 4.79 Å².